The predicted octanol–water partition coefficient (Wildman–Crippen LogP) is 2.69. The van der Waals surface area contributed by atoms with E-state index in [0.29, 0.717) is 11.3 Å². The molecule has 2 rings (SSSR count). The third-order valence-electron chi connectivity index (χ3n) is 2.01. The summed E-state index contributed by atoms with van der Waals surface area (Å²) in [6.07, 6.45) is 1.69. The standard InChI is InChI=1S/C12H9N3S/c13-8-9-4-1-2-6-11(9)16-12-10(14)5-3-7-15-12/h1-7H,14H2. The number of hydrogen-bond donors (Lipinski definition) is 1. The average molecular weight is 227 g/mol. The molecule has 16 heavy (non-hydrogen) atoms. The molecular formula is C12H9N3S. The Hall–Kier alpha value is -1.99. The molecule has 0 amide bonds. The Morgan fingerprint density at radius 3 is 2.75 bits per heavy atom. The first kappa shape index (κ1) is 10.5. The lowest BCUT2D eigenvalue weighted by molar-refractivity contribution is 1.14. The maximum absolute atomic E-state index is 8.95. The molecule has 1 aromatic heterocycles. The molecule has 4 heteroatoms. The van der Waals surface area contributed by atoms with Gasteiger partial charge in [-0.25, -0.2) is 4.98 Å². The third kappa shape index (κ3) is 2.15. The summed E-state index contributed by atoms with van der Waals surface area (Å²) < 4.78 is 0. The molecule has 0 atom stereocenters. The van der Waals surface area contributed by atoms with Crippen molar-refractivity contribution in [3.8, 4) is 6.07 Å². The van der Waals surface area contributed by atoms with Gasteiger partial charge in [0.05, 0.1) is 11.3 Å². The number of benzene rings is 1. The van der Waals surface area contributed by atoms with Crippen molar-refractivity contribution in [1.82, 2.24) is 4.98 Å². The monoisotopic (exact) mass is 227 g/mol. The first-order valence-electron chi connectivity index (χ1n) is 4.69. The molecule has 0 bridgehead atoms. The van der Waals surface area contributed by atoms with Crippen LogP contribution in [-0.4, -0.2) is 4.98 Å². The number of nitrogens with two attached hydrogens (primary N) is 1. The molecule has 0 saturated carbocycles. The molecule has 2 N–H and O–H groups in total. The summed E-state index contributed by atoms with van der Waals surface area (Å²) >= 11 is 1.41. The van der Waals surface area contributed by atoms with E-state index in [9.17, 15) is 0 Å². The summed E-state index contributed by atoms with van der Waals surface area (Å²) in [4.78, 5) is 5.05. The molecule has 0 fully saturated rings. The van der Waals surface area contributed by atoms with Crippen LogP contribution in [0.4, 0.5) is 5.69 Å². The molecule has 0 saturated heterocycles. The van der Waals surface area contributed by atoms with E-state index >= 15 is 0 Å². The highest BCUT2D eigenvalue weighted by Crippen LogP contribution is 2.31. The van der Waals surface area contributed by atoms with Crippen LogP contribution in [0.25, 0.3) is 0 Å². The van der Waals surface area contributed by atoms with Crippen molar-refractivity contribution >= 4 is 17.4 Å². The van der Waals surface area contributed by atoms with Crippen molar-refractivity contribution in [3.63, 3.8) is 0 Å². The number of rotatable bonds is 2. The maximum Gasteiger partial charge on any atom is 0.124 e. The predicted molar refractivity (Wildman–Crippen MR) is 63.9 cm³/mol. The Balaban J connectivity index is 2.35. The van der Waals surface area contributed by atoms with Gasteiger partial charge in [0.15, 0.2) is 0 Å². The summed E-state index contributed by atoms with van der Waals surface area (Å²) in [5.74, 6) is 0. The topological polar surface area (TPSA) is 62.7 Å². The van der Waals surface area contributed by atoms with Crippen molar-refractivity contribution < 1.29 is 0 Å². The van der Waals surface area contributed by atoms with Crippen LogP contribution >= 0.6 is 11.8 Å². The van der Waals surface area contributed by atoms with E-state index in [2.05, 4.69) is 11.1 Å². The second kappa shape index (κ2) is 4.69. The number of pyridine rings is 1. The highest BCUT2D eigenvalue weighted by Gasteiger charge is 2.06. The average Bonchev–Trinajstić information content (AvgIpc) is 2.33. The second-order valence-electron chi connectivity index (χ2n) is 3.11. The van der Waals surface area contributed by atoms with Crippen molar-refractivity contribution in [1.29, 1.82) is 5.26 Å². The Kier molecular flexibility index (Phi) is 3.08. The summed E-state index contributed by atoms with van der Waals surface area (Å²) in [5, 5.41) is 9.68. The zero-order valence-corrected chi connectivity index (χ0v) is 9.24. The van der Waals surface area contributed by atoms with E-state index in [4.69, 9.17) is 11.0 Å². The largest absolute Gasteiger partial charge is 0.397 e. The molecular weight excluding hydrogens is 218 g/mol. The van der Waals surface area contributed by atoms with E-state index in [1.807, 2.05) is 18.2 Å². The van der Waals surface area contributed by atoms with Crippen LogP contribution in [0.1, 0.15) is 5.56 Å². The molecule has 0 aliphatic carbocycles. The Bertz CT molecular complexity index is 546. The van der Waals surface area contributed by atoms with Crippen LogP contribution in [0.5, 0.6) is 0 Å². The van der Waals surface area contributed by atoms with Crippen molar-refractivity contribution in [3.05, 3.63) is 48.2 Å². The number of anilines is 1. The van der Waals surface area contributed by atoms with E-state index in [1.165, 1.54) is 11.8 Å². The van der Waals surface area contributed by atoms with Gasteiger partial charge in [0, 0.05) is 11.1 Å². The van der Waals surface area contributed by atoms with Crippen molar-refractivity contribution in [2.45, 2.75) is 9.92 Å². The molecule has 0 unspecified atom stereocenters. The number of hydrogen-bond acceptors (Lipinski definition) is 4. The minimum atomic E-state index is 0.625. The highest BCUT2D eigenvalue weighted by atomic mass is 32.2. The van der Waals surface area contributed by atoms with Crippen LogP contribution in [0.2, 0.25) is 0 Å². The third-order valence-corrected chi connectivity index (χ3v) is 3.13. The van der Waals surface area contributed by atoms with Gasteiger partial charge in [-0.2, -0.15) is 5.26 Å². The van der Waals surface area contributed by atoms with E-state index in [-0.39, 0.29) is 0 Å². The van der Waals surface area contributed by atoms with E-state index < -0.39 is 0 Å². The molecule has 1 aromatic carbocycles. The highest BCUT2D eigenvalue weighted by molar-refractivity contribution is 7.99. The quantitative estimate of drug-likeness (QED) is 0.856. The fraction of sp³-hybridized carbons (Fsp3) is 0. The van der Waals surface area contributed by atoms with Gasteiger partial charge in [-0.05, 0) is 24.3 Å². The van der Waals surface area contributed by atoms with Gasteiger partial charge in [0.25, 0.3) is 0 Å². The molecule has 2 aromatic rings. The normalized spacial score (nSPS) is 9.69. The number of nitrogens with zero attached hydrogens (tertiary/aromatic N) is 2. The van der Waals surface area contributed by atoms with Crippen LogP contribution in [0.15, 0.2) is 52.5 Å². The van der Waals surface area contributed by atoms with Gasteiger partial charge in [-0.3, -0.25) is 0 Å². The number of nitriles is 1. The summed E-state index contributed by atoms with van der Waals surface area (Å²) in [6.45, 7) is 0. The van der Waals surface area contributed by atoms with Gasteiger partial charge < -0.3 is 5.73 Å². The molecule has 0 aliphatic rings. The first-order valence-corrected chi connectivity index (χ1v) is 5.50. The van der Waals surface area contributed by atoms with Gasteiger partial charge in [-0.1, -0.05) is 23.9 Å². The number of nitrogen functional groups attached to an aromatic ring is 1. The molecule has 1 heterocycles. The first-order chi connectivity index (χ1) is 7.81. The van der Waals surface area contributed by atoms with Gasteiger partial charge in [-0.15, -0.1) is 0 Å². The van der Waals surface area contributed by atoms with Crippen LogP contribution in [0.3, 0.4) is 0 Å². The van der Waals surface area contributed by atoms with Gasteiger partial charge >= 0.3 is 0 Å². The molecule has 78 valence electrons. The molecule has 0 spiro atoms. The SMILES string of the molecule is N#Cc1ccccc1Sc1ncccc1N. The Labute approximate surface area is 97.9 Å². The summed E-state index contributed by atoms with van der Waals surface area (Å²) in [5.41, 5.74) is 7.06. The van der Waals surface area contributed by atoms with E-state index in [0.717, 1.165) is 9.92 Å². The van der Waals surface area contributed by atoms with Gasteiger partial charge in [0.2, 0.25) is 0 Å². The van der Waals surface area contributed by atoms with Gasteiger partial charge in [0.1, 0.15) is 11.1 Å². The van der Waals surface area contributed by atoms with Crippen molar-refractivity contribution in [2.75, 3.05) is 5.73 Å². The maximum atomic E-state index is 8.95. The van der Waals surface area contributed by atoms with Crippen LogP contribution in [0, 0.1) is 11.3 Å². The minimum absolute atomic E-state index is 0.625. The fourth-order valence-corrected chi connectivity index (χ4v) is 2.12. The summed E-state index contributed by atoms with van der Waals surface area (Å²) in [7, 11) is 0. The Morgan fingerprint density at radius 1 is 1.19 bits per heavy atom. The lowest BCUT2D eigenvalue weighted by Crippen LogP contribution is -1.91. The van der Waals surface area contributed by atoms with Crippen LogP contribution in [-0.2, 0) is 0 Å². The van der Waals surface area contributed by atoms with Crippen LogP contribution < -0.4 is 5.73 Å². The molecule has 3 nitrogen and oxygen atoms in total. The zero-order valence-electron chi connectivity index (χ0n) is 8.42. The lowest BCUT2D eigenvalue weighted by Gasteiger charge is -2.04. The smallest absolute Gasteiger partial charge is 0.124 e. The van der Waals surface area contributed by atoms with E-state index in [1.54, 1.807) is 24.4 Å². The Morgan fingerprint density at radius 2 is 2.00 bits per heavy atom. The second-order valence-corrected chi connectivity index (χ2v) is 4.14. The fourth-order valence-electron chi connectivity index (χ4n) is 1.24. The zero-order chi connectivity index (χ0) is 11.4. The molecule has 0 radical (unpaired) electrons. The molecule has 0 aliphatic heterocycles. The number of aromatic nitrogens is 1. The summed E-state index contributed by atoms with van der Waals surface area (Å²) in [6, 6.07) is 13.1. The van der Waals surface area contributed by atoms with Crippen molar-refractivity contribution in [2.24, 2.45) is 0 Å². The lowest BCUT2D eigenvalue weighted by atomic mass is 10.2. The minimum Gasteiger partial charge on any atom is -0.397 e.